The van der Waals surface area contributed by atoms with Gasteiger partial charge >= 0.3 is 0 Å². The standard InChI is InChI=1S/C13H17ClFN/c1-10(4-3-7-16-2)8-11-5-6-12(14)9-13(11)15/h4-6,9,16H,3,7-8H2,1-2H3/b10-4-. The van der Waals surface area contributed by atoms with E-state index in [1.54, 1.807) is 12.1 Å². The Morgan fingerprint density at radius 3 is 2.88 bits per heavy atom. The molecule has 0 saturated heterocycles. The third-order valence-electron chi connectivity index (χ3n) is 2.37. The van der Waals surface area contributed by atoms with Gasteiger partial charge in [-0.05, 0) is 51.1 Å². The van der Waals surface area contributed by atoms with E-state index in [0.717, 1.165) is 13.0 Å². The molecule has 0 spiro atoms. The molecule has 1 aromatic rings. The summed E-state index contributed by atoms with van der Waals surface area (Å²) in [6.07, 6.45) is 3.74. The monoisotopic (exact) mass is 241 g/mol. The highest BCUT2D eigenvalue weighted by atomic mass is 35.5. The van der Waals surface area contributed by atoms with Gasteiger partial charge in [-0.1, -0.05) is 29.3 Å². The number of benzene rings is 1. The van der Waals surface area contributed by atoms with Crippen LogP contribution in [0.15, 0.2) is 29.8 Å². The molecule has 88 valence electrons. The summed E-state index contributed by atoms with van der Waals surface area (Å²) in [5.74, 6) is -0.228. The molecule has 0 bridgehead atoms. The van der Waals surface area contributed by atoms with Crippen LogP contribution in [0.3, 0.4) is 0 Å². The van der Waals surface area contributed by atoms with Gasteiger partial charge in [0.1, 0.15) is 5.82 Å². The minimum absolute atomic E-state index is 0.228. The highest BCUT2D eigenvalue weighted by Gasteiger charge is 2.03. The molecule has 0 unspecified atom stereocenters. The molecule has 0 saturated carbocycles. The SMILES string of the molecule is CNCC/C=C(/C)Cc1ccc(Cl)cc1F. The molecule has 0 amide bonds. The van der Waals surface area contributed by atoms with Crippen molar-refractivity contribution in [2.75, 3.05) is 13.6 Å². The number of rotatable bonds is 5. The van der Waals surface area contributed by atoms with Crippen molar-refractivity contribution in [3.63, 3.8) is 0 Å². The molecule has 3 heteroatoms. The lowest BCUT2D eigenvalue weighted by Crippen LogP contribution is -2.06. The molecule has 0 atom stereocenters. The van der Waals surface area contributed by atoms with Crippen molar-refractivity contribution in [1.82, 2.24) is 5.32 Å². The normalized spacial score (nSPS) is 11.9. The molecule has 1 aromatic carbocycles. The fraction of sp³-hybridized carbons (Fsp3) is 0.385. The summed E-state index contributed by atoms with van der Waals surface area (Å²) in [5, 5.41) is 3.51. The highest BCUT2D eigenvalue weighted by Crippen LogP contribution is 2.17. The number of hydrogen-bond donors (Lipinski definition) is 1. The summed E-state index contributed by atoms with van der Waals surface area (Å²) in [7, 11) is 1.92. The number of halogens is 2. The molecule has 1 rings (SSSR count). The van der Waals surface area contributed by atoms with E-state index < -0.39 is 0 Å². The van der Waals surface area contributed by atoms with E-state index in [4.69, 9.17) is 11.6 Å². The van der Waals surface area contributed by atoms with E-state index in [0.29, 0.717) is 17.0 Å². The first-order valence-electron chi connectivity index (χ1n) is 5.37. The van der Waals surface area contributed by atoms with Gasteiger partial charge in [0.25, 0.3) is 0 Å². The van der Waals surface area contributed by atoms with Crippen molar-refractivity contribution in [1.29, 1.82) is 0 Å². The van der Waals surface area contributed by atoms with Gasteiger partial charge in [0.15, 0.2) is 0 Å². The van der Waals surface area contributed by atoms with Crippen molar-refractivity contribution in [3.05, 3.63) is 46.3 Å². The molecule has 1 nitrogen and oxygen atoms in total. The Morgan fingerprint density at radius 2 is 2.25 bits per heavy atom. The van der Waals surface area contributed by atoms with Crippen LogP contribution < -0.4 is 5.32 Å². The maximum atomic E-state index is 13.5. The zero-order valence-electron chi connectivity index (χ0n) is 9.69. The second-order valence-corrected chi connectivity index (χ2v) is 4.29. The smallest absolute Gasteiger partial charge is 0.128 e. The van der Waals surface area contributed by atoms with Gasteiger partial charge in [0.05, 0.1) is 0 Å². The summed E-state index contributed by atoms with van der Waals surface area (Å²) in [4.78, 5) is 0. The van der Waals surface area contributed by atoms with E-state index in [2.05, 4.69) is 11.4 Å². The van der Waals surface area contributed by atoms with Gasteiger partial charge in [0, 0.05) is 5.02 Å². The lowest BCUT2D eigenvalue weighted by Gasteiger charge is -2.04. The fourth-order valence-corrected chi connectivity index (χ4v) is 1.66. The fourth-order valence-electron chi connectivity index (χ4n) is 1.50. The summed E-state index contributed by atoms with van der Waals surface area (Å²) in [5.41, 5.74) is 1.87. The maximum absolute atomic E-state index is 13.5. The number of hydrogen-bond acceptors (Lipinski definition) is 1. The largest absolute Gasteiger partial charge is 0.319 e. The second kappa shape index (κ2) is 6.66. The molecule has 1 N–H and O–H groups in total. The van der Waals surface area contributed by atoms with Crippen LogP contribution in [0.1, 0.15) is 18.9 Å². The lowest BCUT2D eigenvalue weighted by atomic mass is 10.1. The molecule has 0 radical (unpaired) electrons. The van der Waals surface area contributed by atoms with Crippen LogP contribution >= 0.6 is 11.6 Å². The van der Waals surface area contributed by atoms with Crippen LogP contribution in [-0.2, 0) is 6.42 Å². The van der Waals surface area contributed by atoms with Crippen molar-refractivity contribution >= 4 is 11.6 Å². The zero-order valence-corrected chi connectivity index (χ0v) is 10.4. The lowest BCUT2D eigenvalue weighted by molar-refractivity contribution is 0.613. The predicted octanol–water partition coefficient (Wildman–Crippen LogP) is 3.58. The Kier molecular flexibility index (Phi) is 5.50. The average Bonchev–Trinajstić information content (AvgIpc) is 2.23. The molecular formula is C13H17ClFN. The summed E-state index contributed by atoms with van der Waals surface area (Å²) in [6.45, 7) is 2.96. The predicted molar refractivity (Wildman–Crippen MR) is 67.4 cm³/mol. The minimum atomic E-state index is -0.228. The van der Waals surface area contributed by atoms with E-state index >= 15 is 0 Å². The minimum Gasteiger partial charge on any atom is -0.319 e. The van der Waals surface area contributed by atoms with Crippen LogP contribution in [-0.4, -0.2) is 13.6 Å². The highest BCUT2D eigenvalue weighted by molar-refractivity contribution is 6.30. The number of allylic oxidation sites excluding steroid dienone is 1. The molecule has 0 aliphatic rings. The molecule has 0 fully saturated rings. The molecule has 0 aromatic heterocycles. The van der Waals surface area contributed by atoms with Crippen LogP contribution in [0.4, 0.5) is 4.39 Å². The van der Waals surface area contributed by atoms with Crippen molar-refractivity contribution in [2.45, 2.75) is 19.8 Å². The third kappa shape index (κ3) is 4.33. The van der Waals surface area contributed by atoms with Gasteiger partial charge in [-0.25, -0.2) is 4.39 Å². The van der Waals surface area contributed by atoms with Crippen LogP contribution in [0.5, 0.6) is 0 Å². The van der Waals surface area contributed by atoms with Crippen LogP contribution in [0.2, 0.25) is 5.02 Å². The van der Waals surface area contributed by atoms with Crippen LogP contribution in [0, 0.1) is 5.82 Å². The Bertz CT molecular complexity index is 374. The maximum Gasteiger partial charge on any atom is 0.128 e. The topological polar surface area (TPSA) is 12.0 Å². The van der Waals surface area contributed by atoms with Gasteiger partial charge in [-0.2, -0.15) is 0 Å². The first kappa shape index (κ1) is 13.2. The number of nitrogens with one attached hydrogen (secondary N) is 1. The van der Waals surface area contributed by atoms with Gasteiger partial charge in [0.2, 0.25) is 0 Å². The van der Waals surface area contributed by atoms with E-state index in [1.807, 2.05) is 14.0 Å². The average molecular weight is 242 g/mol. The Morgan fingerprint density at radius 1 is 1.50 bits per heavy atom. The van der Waals surface area contributed by atoms with Crippen molar-refractivity contribution in [2.24, 2.45) is 0 Å². The second-order valence-electron chi connectivity index (χ2n) is 3.86. The van der Waals surface area contributed by atoms with E-state index in [9.17, 15) is 4.39 Å². The molecular weight excluding hydrogens is 225 g/mol. The molecule has 0 aliphatic heterocycles. The molecule has 0 aliphatic carbocycles. The molecule has 16 heavy (non-hydrogen) atoms. The van der Waals surface area contributed by atoms with Gasteiger partial charge < -0.3 is 5.32 Å². The van der Waals surface area contributed by atoms with E-state index in [-0.39, 0.29) is 5.82 Å². The summed E-state index contributed by atoms with van der Waals surface area (Å²) >= 11 is 5.69. The molecule has 0 heterocycles. The van der Waals surface area contributed by atoms with Crippen molar-refractivity contribution < 1.29 is 4.39 Å². The van der Waals surface area contributed by atoms with Crippen molar-refractivity contribution in [3.8, 4) is 0 Å². The van der Waals surface area contributed by atoms with Gasteiger partial charge in [-0.3, -0.25) is 0 Å². The first-order chi connectivity index (χ1) is 7.63. The van der Waals surface area contributed by atoms with Gasteiger partial charge in [-0.15, -0.1) is 0 Å². The third-order valence-corrected chi connectivity index (χ3v) is 2.61. The van der Waals surface area contributed by atoms with Crippen LogP contribution in [0.25, 0.3) is 0 Å². The first-order valence-corrected chi connectivity index (χ1v) is 5.75. The Balaban J connectivity index is 2.62. The summed E-state index contributed by atoms with van der Waals surface area (Å²) < 4.78 is 13.5. The summed E-state index contributed by atoms with van der Waals surface area (Å²) in [6, 6.07) is 4.83. The zero-order chi connectivity index (χ0) is 12.0. The quantitative estimate of drug-likeness (QED) is 0.614. The Hall–Kier alpha value is -0.860. The Labute approximate surface area is 101 Å². The van der Waals surface area contributed by atoms with E-state index in [1.165, 1.54) is 11.6 Å².